The molecule has 1 heterocycles. The summed E-state index contributed by atoms with van der Waals surface area (Å²) in [5.41, 5.74) is 3.82. The molecule has 1 aliphatic heterocycles. The number of hydrogen-bond acceptors (Lipinski definition) is 2. The second kappa shape index (κ2) is 5.47. The molecule has 0 amide bonds. The predicted molar refractivity (Wildman–Crippen MR) is 90.7 cm³/mol. The summed E-state index contributed by atoms with van der Waals surface area (Å²) in [4.78, 5) is 0. The summed E-state index contributed by atoms with van der Waals surface area (Å²) >= 11 is 0. The summed E-state index contributed by atoms with van der Waals surface area (Å²) < 4.78 is 12.3. The second-order valence-corrected chi connectivity index (χ2v) is 6.85. The van der Waals surface area contributed by atoms with Crippen molar-refractivity contribution in [3.63, 3.8) is 0 Å². The van der Waals surface area contributed by atoms with Crippen molar-refractivity contribution in [3.05, 3.63) is 47.6 Å². The van der Waals surface area contributed by atoms with Crippen molar-refractivity contribution in [1.29, 1.82) is 0 Å². The fourth-order valence-corrected chi connectivity index (χ4v) is 2.33. The average molecular weight is 284 g/mol. The Bertz CT molecular complexity index is 569. The van der Waals surface area contributed by atoms with Gasteiger partial charge in [0.25, 0.3) is 0 Å². The van der Waals surface area contributed by atoms with Crippen molar-refractivity contribution in [2.45, 2.75) is 52.7 Å². The molecule has 1 aliphatic rings. The largest absolute Gasteiger partial charge is 0.495 e. The van der Waals surface area contributed by atoms with Crippen LogP contribution in [0.3, 0.4) is 0 Å². The van der Waals surface area contributed by atoms with E-state index in [1.807, 2.05) is 19.1 Å². The molecule has 21 heavy (non-hydrogen) atoms. The van der Waals surface area contributed by atoms with Gasteiger partial charge in [0, 0.05) is 0 Å². The molecule has 1 saturated heterocycles. The first kappa shape index (κ1) is 16.1. The Balaban J connectivity index is 2.42. The van der Waals surface area contributed by atoms with Crippen molar-refractivity contribution in [2.24, 2.45) is 0 Å². The van der Waals surface area contributed by atoms with Gasteiger partial charge in [-0.1, -0.05) is 42.5 Å². The van der Waals surface area contributed by atoms with Crippen molar-refractivity contribution in [2.75, 3.05) is 0 Å². The monoisotopic (exact) mass is 284 g/mol. The lowest BCUT2D eigenvalue weighted by molar-refractivity contribution is 0.00578. The van der Waals surface area contributed by atoms with Crippen LogP contribution in [0.15, 0.2) is 36.4 Å². The van der Waals surface area contributed by atoms with Crippen LogP contribution in [0.4, 0.5) is 0 Å². The summed E-state index contributed by atoms with van der Waals surface area (Å²) in [6, 6.07) is 6.23. The van der Waals surface area contributed by atoms with Crippen molar-refractivity contribution in [3.8, 4) is 0 Å². The number of hydrogen-bond donors (Lipinski definition) is 0. The van der Waals surface area contributed by atoms with Gasteiger partial charge >= 0.3 is 7.12 Å². The van der Waals surface area contributed by atoms with Crippen LogP contribution in [0.25, 0.3) is 6.08 Å². The van der Waals surface area contributed by atoms with Gasteiger partial charge in [-0.2, -0.15) is 0 Å². The molecule has 0 saturated carbocycles. The lowest BCUT2D eigenvalue weighted by atomic mass is 9.74. The van der Waals surface area contributed by atoms with E-state index in [2.05, 4.69) is 59.4 Å². The topological polar surface area (TPSA) is 18.5 Å². The van der Waals surface area contributed by atoms with Gasteiger partial charge in [-0.05, 0) is 58.1 Å². The Morgan fingerprint density at radius 1 is 1.14 bits per heavy atom. The van der Waals surface area contributed by atoms with Crippen molar-refractivity contribution >= 4 is 18.7 Å². The Morgan fingerprint density at radius 2 is 1.71 bits per heavy atom. The molecule has 0 radical (unpaired) electrons. The highest BCUT2D eigenvalue weighted by atomic mass is 16.7. The van der Waals surface area contributed by atoms with Gasteiger partial charge in [0.05, 0.1) is 11.2 Å². The molecule has 0 N–H and O–H groups in total. The Labute approximate surface area is 129 Å². The fraction of sp³-hybridized carbons (Fsp3) is 0.444. The van der Waals surface area contributed by atoms with E-state index in [-0.39, 0.29) is 18.3 Å². The number of aryl methyl sites for hydroxylation is 1. The molecule has 0 bridgehead atoms. The first-order valence-electron chi connectivity index (χ1n) is 7.43. The molecule has 1 aromatic rings. The van der Waals surface area contributed by atoms with E-state index in [0.717, 1.165) is 16.6 Å². The molecule has 112 valence electrons. The zero-order chi connectivity index (χ0) is 15.8. The van der Waals surface area contributed by atoms with E-state index >= 15 is 0 Å². The summed E-state index contributed by atoms with van der Waals surface area (Å²) in [6.45, 7) is 16.3. The molecular weight excluding hydrogens is 259 g/mol. The number of rotatable bonds is 3. The van der Waals surface area contributed by atoms with Gasteiger partial charge in [-0.25, -0.2) is 0 Å². The highest BCUT2D eigenvalue weighted by Crippen LogP contribution is 2.36. The van der Waals surface area contributed by atoms with Crippen LogP contribution < -0.4 is 5.46 Å². The van der Waals surface area contributed by atoms with Crippen LogP contribution in [-0.4, -0.2) is 18.3 Å². The van der Waals surface area contributed by atoms with Gasteiger partial charge in [0.1, 0.15) is 0 Å². The summed E-state index contributed by atoms with van der Waals surface area (Å²) in [5, 5.41) is 0. The fourth-order valence-electron chi connectivity index (χ4n) is 2.33. The standard InChI is InChI=1S/C18H25BO2/c1-13(2)11-12-15-14(3)9-8-10-16(15)19-20-17(4,5)18(6,7)21-19/h8-12H,1H2,2-7H3/b12-11-. The van der Waals surface area contributed by atoms with E-state index in [9.17, 15) is 0 Å². The molecule has 0 aromatic heterocycles. The van der Waals surface area contributed by atoms with Gasteiger partial charge in [-0.15, -0.1) is 0 Å². The van der Waals surface area contributed by atoms with Crippen LogP contribution in [0, 0.1) is 6.92 Å². The Kier molecular flexibility index (Phi) is 4.18. The lowest BCUT2D eigenvalue weighted by Gasteiger charge is -2.32. The normalized spacial score (nSPS) is 20.2. The minimum absolute atomic E-state index is 0.323. The first-order chi connectivity index (χ1) is 9.64. The molecule has 1 fully saturated rings. The van der Waals surface area contributed by atoms with E-state index in [0.29, 0.717) is 0 Å². The van der Waals surface area contributed by atoms with Crippen molar-refractivity contribution < 1.29 is 9.31 Å². The molecule has 0 unspecified atom stereocenters. The highest BCUT2D eigenvalue weighted by molar-refractivity contribution is 6.63. The first-order valence-corrected chi connectivity index (χ1v) is 7.43. The van der Waals surface area contributed by atoms with Crippen LogP contribution in [0.5, 0.6) is 0 Å². The maximum absolute atomic E-state index is 6.17. The van der Waals surface area contributed by atoms with Crippen LogP contribution in [0.1, 0.15) is 45.7 Å². The van der Waals surface area contributed by atoms with Crippen molar-refractivity contribution in [1.82, 2.24) is 0 Å². The van der Waals surface area contributed by atoms with E-state index in [1.54, 1.807) is 0 Å². The minimum atomic E-state index is -0.334. The van der Waals surface area contributed by atoms with Gasteiger partial charge in [-0.3, -0.25) is 0 Å². The quantitative estimate of drug-likeness (QED) is 0.619. The van der Waals surface area contributed by atoms with Gasteiger partial charge in [0.2, 0.25) is 0 Å². The maximum Gasteiger partial charge on any atom is 0.495 e. The van der Waals surface area contributed by atoms with E-state index in [1.165, 1.54) is 5.56 Å². The highest BCUT2D eigenvalue weighted by Gasteiger charge is 2.52. The second-order valence-electron chi connectivity index (χ2n) is 6.85. The lowest BCUT2D eigenvalue weighted by Crippen LogP contribution is -2.41. The number of allylic oxidation sites excluding steroid dienone is 2. The summed E-state index contributed by atoms with van der Waals surface area (Å²) in [5.74, 6) is 0. The molecule has 2 rings (SSSR count). The molecule has 0 atom stereocenters. The van der Waals surface area contributed by atoms with E-state index < -0.39 is 0 Å². The number of benzene rings is 1. The third-order valence-corrected chi connectivity index (χ3v) is 4.40. The Hall–Kier alpha value is -1.32. The van der Waals surface area contributed by atoms with Crippen LogP contribution >= 0.6 is 0 Å². The third kappa shape index (κ3) is 3.14. The predicted octanol–water partition coefficient (Wildman–Crippen LogP) is 3.88. The average Bonchev–Trinajstić information content (AvgIpc) is 2.56. The summed E-state index contributed by atoms with van der Waals surface area (Å²) in [6.07, 6.45) is 4.12. The SMILES string of the molecule is C=C(C)/C=C\c1c(C)cccc1B1OC(C)(C)C(C)(C)O1. The molecule has 2 nitrogen and oxygen atoms in total. The van der Waals surface area contributed by atoms with Crippen LogP contribution in [-0.2, 0) is 9.31 Å². The maximum atomic E-state index is 6.17. The van der Waals surface area contributed by atoms with Gasteiger partial charge in [0.15, 0.2) is 0 Å². The van der Waals surface area contributed by atoms with Crippen LogP contribution in [0.2, 0.25) is 0 Å². The molecule has 0 aliphatic carbocycles. The zero-order valence-corrected chi connectivity index (χ0v) is 14.0. The van der Waals surface area contributed by atoms with E-state index in [4.69, 9.17) is 9.31 Å². The molecule has 1 aromatic carbocycles. The summed E-state index contributed by atoms with van der Waals surface area (Å²) in [7, 11) is -0.334. The smallest absolute Gasteiger partial charge is 0.399 e. The molecular formula is C18H25BO2. The zero-order valence-electron chi connectivity index (χ0n) is 14.0. The molecule has 3 heteroatoms. The third-order valence-electron chi connectivity index (χ3n) is 4.40. The minimum Gasteiger partial charge on any atom is -0.399 e. The Morgan fingerprint density at radius 3 is 2.24 bits per heavy atom. The van der Waals surface area contributed by atoms with Gasteiger partial charge < -0.3 is 9.31 Å². The molecule has 0 spiro atoms.